The molecule has 0 fully saturated rings. The van der Waals surface area contributed by atoms with E-state index in [1.54, 1.807) is 0 Å². The first-order chi connectivity index (χ1) is 6.42. The molecule has 0 rings (SSSR count). The fraction of sp³-hybridized carbons (Fsp3) is 0.857. The molecule has 0 aromatic carbocycles. The smallest absolute Gasteiger partial charge is 0.370 e. The molecule has 14 heavy (non-hydrogen) atoms. The normalized spacial score (nSPS) is 11.6. The fourth-order valence-electron chi connectivity index (χ4n) is 0.672. The van der Waals surface area contributed by atoms with Gasteiger partial charge in [0, 0.05) is 13.1 Å². The van der Waals surface area contributed by atoms with E-state index in [0.29, 0.717) is 0 Å². The van der Waals surface area contributed by atoms with Gasteiger partial charge in [-0.2, -0.15) is 13.2 Å². The molecule has 0 aromatic heterocycles. The second-order valence-electron chi connectivity index (χ2n) is 2.63. The molecule has 0 aromatic rings. The van der Waals surface area contributed by atoms with Crippen molar-refractivity contribution in [3.05, 3.63) is 0 Å². The minimum atomic E-state index is -4.14. The van der Waals surface area contributed by atoms with Crippen molar-refractivity contribution in [3.63, 3.8) is 0 Å². The van der Waals surface area contributed by atoms with E-state index in [0.717, 1.165) is 0 Å². The minimum absolute atomic E-state index is 0.149. The molecule has 0 unspecified atom stereocenters. The van der Waals surface area contributed by atoms with Crippen molar-refractivity contribution in [2.24, 2.45) is 5.73 Å². The van der Waals surface area contributed by atoms with Gasteiger partial charge >= 0.3 is 6.18 Å². The topological polar surface area (TPSA) is 64.4 Å². The first kappa shape index (κ1) is 13.2. The zero-order valence-electron chi connectivity index (χ0n) is 7.56. The summed E-state index contributed by atoms with van der Waals surface area (Å²) in [5, 5.41) is 2.52. The van der Waals surface area contributed by atoms with Crippen molar-refractivity contribution in [1.82, 2.24) is 5.32 Å². The molecule has 0 spiro atoms. The third-order valence-corrected chi connectivity index (χ3v) is 1.25. The van der Waals surface area contributed by atoms with Gasteiger partial charge in [-0.3, -0.25) is 4.79 Å². The van der Waals surface area contributed by atoms with Gasteiger partial charge in [-0.05, 0) is 0 Å². The molecule has 0 radical (unpaired) electrons. The van der Waals surface area contributed by atoms with E-state index >= 15 is 0 Å². The lowest BCUT2D eigenvalue weighted by Gasteiger charge is -2.07. The summed E-state index contributed by atoms with van der Waals surface area (Å²) in [5.41, 5.74) is 4.76. The van der Waals surface area contributed by atoms with Crippen LogP contribution in [0.1, 0.15) is 6.42 Å². The zero-order valence-corrected chi connectivity index (χ0v) is 7.56. The Bertz CT molecular complexity index is 173. The van der Waals surface area contributed by atoms with Gasteiger partial charge in [0.15, 0.2) is 0 Å². The summed E-state index contributed by atoms with van der Waals surface area (Å²) >= 11 is 0. The average molecular weight is 214 g/mol. The molecule has 84 valence electrons. The maximum absolute atomic E-state index is 11.6. The SMILES string of the molecule is NC(=O)COCCNCCC(F)(F)F. The van der Waals surface area contributed by atoms with Gasteiger partial charge in [0.2, 0.25) is 5.91 Å². The van der Waals surface area contributed by atoms with Crippen molar-refractivity contribution in [1.29, 1.82) is 0 Å². The molecule has 0 aliphatic heterocycles. The zero-order chi connectivity index (χ0) is 11.0. The third-order valence-electron chi connectivity index (χ3n) is 1.25. The van der Waals surface area contributed by atoms with Crippen molar-refractivity contribution < 1.29 is 22.7 Å². The van der Waals surface area contributed by atoms with Crippen molar-refractivity contribution in [3.8, 4) is 0 Å². The van der Waals surface area contributed by atoms with Gasteiger partial charge in [0.05, 0.1) is 13.0 Å². The molecule has 0 saturated heterocycles. The summed E-state index contributed by atoms with van der Waals surface area (Å²) in [6.07, 6.45) is -5.01. The number of carbonyl (C=O) groups is 1. The number of alkyl halides is 3. The maximum Gasteiger partial charge on any atom is 0.390 e. The van der Waals surface area contributed by atoms with Gasteiger partial charge in [-0.1, -0.05) is 0 Å². The number of ether oxygens (including phenoxy) is 1. The lowest BCUT2D eigenvalue weighted by atomic mass is 10.4. The number of rotatable bonds is 7. The van der Waals surface area contributed by atoms with E-state index in [1.807, 2.05) is 0 Å². The predicted octanol–water partition coefficient (Wildman–Crippen LogP) is 0.0303. The summed E-state index contributed by atoms with van der Waals surface area (Å²) in [6, 6.07) is 0. The van der Waals surface area contributed by atoms with E-state index in [9.17, 15) is 18.0 Å². The standard InChI is InChI=1S/C7H13F3N2O2/c8-7(9,10)1-2-12-3-4-14-5-6(11)13/h12H,1-5H2,(H2,11,13). The highest BCUT2D eigenvalue weighted by atomic mass is 19.4. The Hall–Kier alpha value is -0.820. The lowest BCUT2D eigenvalue weighted by Crippen LogP contribution is -2.26. The first-order valence-electron chi connectivity index (χ1n) is 4.05. The molecule has 4 nitrogen and oxygen atoms in total. The van der Waals surface area contributed by atoms with E-state index in [4.69, 9.17) is 10.5 Å². The Labute approximate surface area is 79.6 Å². The molecule has 0 aliphatic carbocycles. The Kier molecular flexibility index (Phi) is 6.22. The van der Waals surface area contributed by atoms with Crippen LogP contribution in [-0.4, -0.2) is 38.4 Å². The summed E-state index contributed by atoms with van der Waals surface area (Å²) in [7, 11) is 0. The number of halogens is 3. The number of primary amides is 1. The molecular formula is C7H13F3N2O2. The van der Waals surface area contributed by atoms with Crippen LogP contribution in [-0.2, 0) is 9.53 Å². The van der Waals surface area contributed by atoms with Crippen LogP contribution in [0, 0.1) is 0 Å². The number of amides is 1. The average Bonchev–Trinajstić information content (AvgIpc) is 2.00. The summed E-state index contributed by atoms with van der Waals surface area (Å²) in [5.74, 6) is -0.597. The molecule has 0 atom stereocenters. The van der Waals surface area contributed by atoms with Crippen molar-refractivity contribution >= 4 is 5.91 Å². The fourth-order valence-corrected chi connectivity index (χ4v) is 0.672. The Morgan fingerprint density at radius 2 is 2.00 bits per heavy atom. The summed E-state index contributed by atoms with van der Waals surface area (Å²) in [4.78, 5) is 10.1. The molecular weight excluding hydrogens is 201 g/mol. The first-order valence-corrected chi connectivity index (χ1v) is 4.05. The van der Waals surface area contributed by atoms with Crippen LogP contribution in [0.2, 0.25) is 0 Å². The van der Waals surface area contributed by atoms with E-state index in [-0.39, 0.29) is 26.3 Å². The number of hydrogen-bond donors (Lipinski definition) is 2. The Morgan fingerprint density at radius 3 is 2.50 bits per heavy atom. The maximum atomic E-state index is 11.6. The Morgan fingerprint density at radius 1 is 1.36 bits per heavy atom. The molecule has 0 saturated carbocycles. The van der Waals surface area contributed by atoms with Gasteiger partial charge in [-0.15, -0.1) is 0 Å². The number of carbonyl (C=O) groups excluding carboxylic acids is 1. The van der Waals surface area contributed by atoms with Gasteiger partial charge < -0.3 is 15.8 Å². The van der Waals surface area contributed by atoms with E-state index < -0.39 is 18.5 Å². The molecule has 7 heteroatoms. The second-order valence-corrected chi connectivity index (χ2v) is 2.63. The van der Waals surface area contributed by atoms with Crippen molar-refractivity contribution in [2.45, 2.75) is 12.6 Å². The molecule has 0 aliphatic rings. The monoisotopic (exact) mass is 214 g/mol. The summed E-state index contributed by atoms with van der Waals surface area (Å²) in [6.45, 7) is 0.0779. The lowest BCUT2D eigenvalue weighted by molar-refractivity contribution is -0.133. The highest BCUT2D eigenvalue weighted by Crippen LogP contribution is 2.17. The van der Waals surface area contributed by atoms with Crippen LogP contribution in [0.3, 0.4) is 0 Å². The molecule has 0 bridgehead atoms. The quantitative estimate of drug-likeness (QED) is 0.588. The Balaban J connectivity index is 3.11. The largest absolute Gasteiger partial charge is 0.390 e. The van der Waals surface area contributed by atoms with Crippen LogP contribution in [0.15, 0.2) is 0 Å². The second kappa shape index (κ2) is 6.61. The van der Waals surface area contributed by atoms with Gasteiger partial charge in [0.1, 0.15) is 6.61 Å². The van der Waals surface area contributed by atoms with Crippen LogP contribution in [0.4, 0.5) is 13.2 Å². The predicted molar refractivity (Wildman–Crippen MR) is 43.6 cm³/mol. The third kappa shape index (κ3) is 11.2. The van der Waals surface area contributed by atoms with E-state index in [2.05, 4.69) is 5.32 Å². The summed E-state index contributed by atoms with van der Waals surface area (Å²) < 4.78 is 39.5. The minimum Gasteiger partial charge on any atom is -0.370 e. The van der Waals surface area contributed by atoms with Crippen LogP contribution in [0.25, 0.3) is 0 Å². The number of nitrogens with two attached hydrogens (primary N) is 1. The number of nitrogens with one attached hydrogen (secondary N) is 1. The molecule has 0 heterocycles. The number of hydrogen-bond acceptors (Lipinski definition) is 3. The highest BCUT2D eigenvalue weighted by Gasteiger charge is 2.25. The van der Waals surface area contributed by atoms with E-state index in [1.165, 1.54) is 0 Å². The van der Waals surface area contributed by atoms with Crippen LogP contribution >= 0.6 is 0 Å². The van der Waals surface area contributed by atoms with Crippen molar-refractivity contribution in [2.75, 3.05) is 26.3 Å². The highest BCUT2D eigenvalue weighted by molar-refractivity contribution is 5.74. The van der Waals surface area contributed by atoms with Crippen LogP contribution < -0.4 is 11.1 Å². The molecule has 3 N–H and O–H groups in total. The van der Waals surface area contributed by atoms with Crippen LogP contribution in [0.5, 0.6) is 0 Å². The van der Waals surface area contributed by atoms with Gasteiger partial charge in [-0.25, -0.2) is 0 Å². The van der Waals surface area contributed by atoms with Gasteiger partial charge in [0.25, 0.3) is 0 Å². The molecule has 1 amide bonds.